The van der Waals surface area contributed by atoms with Gasteiger partial charge in [-0.15, -0.1) is 0 Å². The molecule has 3 rings (SSSR count). The third-order valence-corrected chi connectivity index (χ3v) is 8.38. The van der Waals surface area contributed by atoms with Gasteiger partial charge in [0.15, 0.2) is 0 Å². The molecule has 122 valence electrons. The van der Waals surface area contributed by atoms with E-state index in [0.29, 0.717) is 0 Å². The maximum absolute atomic E-state index is 2.55. The van der Waals surface area contributed by atoms with Crippen molar-refractivity contribution in [1.82, 2.24) is 0 Å². The minimum Gasteiger partial charge on any atom is -0.0651 e. The van der Waals surface area contributed by atoms with Crippen molar-refractivity contribution in [2.75, 3.05) is 0 Å². The standard InChI is InChI=1S/C21H38/c1-8-17-15(6)20(17)12(3)10-19-16(7)21(19)11(2)9-18-13(4)14(18)5/h11-21H,8-10H2,1-7H3. The van der Waals surface area contributed by atoms with Crippen LogP contribution in [0.5, 0.6) is 0 Å². The van der Waals surface area contributed by atoms with Gasteiger partial charge < -0.3 is 0 Å². The minimum atomic E-state index is 0.980. The number of hydrogen-bond acceptors (Lipinski definition) is 0. The molecule has 3 aliphatic carbocycles. The van der Waals surface area contributed by atoms with E-state index in [4.69, 9.17) is 0 Å². The minimum absolute atomic E-state index is 0.980. The third kappa shape index (κ3) is 2.81. The Balaban J connectivity index is 1.45. The van der Waals surface area contributed by atoms with E-state index in [0.717, 1.165) is 65.1 Å². The molecule has 0 heteroatoms. The second-order valence-corrected chi connectivity index (χ2v) is 9.42. The summed E-state index contributed by atoms with van der Waals surface area (Å²) in [6, 6.07) is 0. The van der Waals surface area contributed by atoms with Gasteiger partial charge in [0, 0.05) is 0 Å². The molecule has 3 saturated carbocycles. The van der Waals surface area contributed by atoms with Crippen LogP contribution in [-0.4, -0.2) is 0 Å². The van der Waals surface area contributed by atoms with Gasteiger partial charge in [0.2, 0.25) is 0 Å². The van der Waals surface area contributed by atoms with Gasteiger partial charge in [-0.3, -0.25) is 0 Å². The molecule has 0 radical (unpaired) electrons. The second kappa shape index (κ2) is 5.57. The van der Waals surface area contributed by atoms with Crippen molar-refractivity contribution in [3.8, 4) is 0 Å². The van der Waals surface area contributed by atoms with Gasteiger partial charge in [-0.25, -0.2) is 0 Å². The summed E-state index contributed by atoms with van der Waals surface area (Å²) < 4.78 is 0. The van der Waals surface area contributed by atoms with E-state index in [2.05, 4.69) is 48.5 Å². The van der Waals surface area contributed by atoms with Gasteiger partial charge in [-0.05, 0) is 77.9 Å². The summed E-state index contributed by atoms with van der Waals surface area (Å²) in [5.41, 5.74) is 0. The molecule has 10 atom stereocenters. The topological polar surface area (TPSA) is 0 Å². The van der Waals surface area contributed by atoms with Crippen molar-refractivity contribution in [2.45, 2.75) is 67.7 Å². The molecule has 0 nitrogen and oxygen atoms in total. The monoisotopic (exact) mass is 290 g/mol. The molecule has 10 unspecified atom stereocenters. The highest BCUT2D eigenvalue weighted by atomic mass is 14.6. The van der Waals surface area contributed by atoms with Crippen molar-refractivity contribution < 1.29 is 0 Å². The van der Waals surface area contributed by atoms with E-state index in [1.807, 2.05) is 0 Å². The molecular formula is C21H38. The van der Waals surface area contributed by atoms with Crippen molar-refractivity contribution in [3.05, 3.63) is 0 Å². The first kappa shape index (κ1) is 15.9. The molecule has 0 saturated heterocycles. The summed E-state index contributed by atoms with van der Waals surface area (Å²) in [6.07, 6.45) is 4.45. The van der Waals surface area contributed by atoms with Gasteiger partial charge >= 0.3 is 0 Å². The highest BCUT2D eigenvalue weighted by molar-refractivity contribution is 5.03. The molecule has 0 heterocycles. The first-order valence-electron chi connectivity index (χ1n) is 9.88. The third-order valence-electron chi connectivity index (χ3n) is 8.38. The number of rotatable bonds is 7. The van der Waals surface area contributed by atoms with Crippen LogP contribution in [0.4, 0.5) is 0 Å². The summed E-state index contributed by atoms with van der Waals surface area (Å²) in [6.45, 7) is 17.4. The summed E-state index contributed by atoms with van der Waals surface area (Å²) >= 11 is 0. The summed E-state index contributed by atoms with van der Waals surface area (Å²) in [5, 5.41) is 0. The molecule has 21 heavy (non-hydrogen) atoms. The van der Waals surface area contributed by atoms with Crippen molar-refractivity contribution in [1.29, 1.82) is 0 Å². The van der Waals surface area contributed by atoms with E-state index >= 15 is 0 Å². The van der Waals surface area contributed by atoms with E-state index in [9.17, 15) is 0 Å². The Morgan fingerprint density at radius 2 is 1.05 bits per heavy atom. The first-order chi connectivity index (χ1) is 9.88. The predicted octanol–water partition coefficient (Wildman–Crippen LogP) is 6.12. The van der Waals surface area contributed by atoms with E-state index in [1.165, 1.54) is 19.3 Å². The van der Waals surface area contributed by atoms with Gasteiger partial charge in [-0.2, -0.15) is 0 Å². The SMILES string of the molecule is CCC1C(C)C1C(C)CC1C(C)C1C(C)CC1C(C)C1C. The van der Waals surface area contributed by atoms with Crippen LogP contribution in [0.1, 0.15) is 67.7 Å². The average Bonchev–Trinajstić information content (AvgIpc) is 3.36. The summed E-state index contributed by atoms with van der Waals surface area (Å²) in [4.78, 5) is 0. The first-order valence-corrected chi connectivity index (χ1v) is 9.88. The fraction of sp³-hybridized carbons (Fsp3) is 1.00. The molecule has 0 aromatic rings. The lowest BCUT2D eigenvalue weighted by atomic mass is 9.91. The highest BCUT2D eigenvalue weighted by Gasteiger charge is 2.55. The lowest BCUT2D eigenvalue weighted by Crippen LogP contribution is -2.06. The second-order valence-electron chi connectivity index (χ2n) is 9.42. The fourth-order valence-electron chi connectivity index (χ4n) is 6.42. The molecular weight excluding hydrogens is 252 g/mol. The zero-order valence-electron chi connectivity index (χ0n) is 15.5. The molecule has 0 aromatic heterocycles. The quantitative estimate of drug-likeness (QED) is 0.530. The Labute approximate surface area is 133 Å². The highest BCUT2D eigenvalue weighted by Crippen LogP contribution is 2.61. The van der Waals surface area contributed by atoms with Crippen molar-refractivity contribution in [3.63, 3.8) is 0 Å². The fourth-order valence-corrected chi connectivity index (χ4v) is 6.42. The van der Waals surface area contributed by atoms with Crippen LogP contribution in [0.15, 0.2) is 0 Å². The molecule has 0 spiro atoms. The number of hydrogen-bond donors (Lipinski definition) is 0. The molecule has 0 amide bonds. The lowest BCUT2D eigenvalue weighted by Gasteiger charge is -2.14. The van der Waals surface area contributed by atoms with Gasteiger partial charge in [0.1, 0.15) is 0 Å². The average molecular weight is 291 g/mol. The van der Waals surface area contributed by atoms with Crippen molar-refractivity contribution in [2.24, 2.45) is 65.1 Å². The summed E-state index contributed by atoms with van der Waals surface area (Å²) in [7, 11) is 0. The van der Waals surface area contributed by atoms with E-state index in [1.54, 1.807) is 0 Å². The predicted molar refractivity (Wildman–Crippen MR) is 92.0 cm³/mol. The van der Waals surface area contributed by atoms with Gasteiger partial charge in [-0.1, -0.05) is 54.9 Å². The van der Waals surface area contributed by atoms with Gasteiger partial charge in [0.25, 0.3) is 0 Å². The van der Waals surface area contributed by atoms with E-state index < -0.39 is 0 Å². The molecule has 0 aromatic carbocycles. The normalized spacial score (nSPS) is 54.1. The zero-order valence-corrected chi connectivity index (χ0v) is 15.5. The maximum Gasteiger partial charge on any atom is -0.0329 e. The van der Waals surface area contributed by atoms with Crippen LogP contribution in [-0.2, 0) is 0 Å². The van der Waals surface area contributed by atoms with E-state index in [-0.39, 0.29) is 0 Å². The van der Waals surface area contributed by atoms with Crippen molar-refractivity contribution >= 4 is 0 Å². The van der Waals surface area contributed by atoms with Crippen LogP contribution >= 0.6 is 0 Å². The lowest BCUT2D eigenvalue weighted by molar-refractivity contribution is 0.354. The Morgan fingerprint density at radius 1 is 0.619 bits per heavy atom. The summed E-state index contributed by atoms with van der Waals surface area (Å²) in [5.74, 6) is 11.3. The maximum atomic E-state index is 2.55. The van der Waals surface area contributed by atoms with Crippen LogP contribution in [0, 0.1) is 65.1 Å². The smallest absolute Gasteiger partial charge is 0.0329 e. The van der Waals surface area contributed by atoms with Crippen LogP contribution < -0.4 is 0 Å². The van der Waals surface area contributed by atoms with Gasteiger partial charge in [0.05, 0.1) is 0 Å². The molecule has 0 N–H and O–H groups in total. The zero-order chi connectivity index (χ0) is 15.5. The molecule has 3 fully saturated rings. The Bertz CT molecular complexity index is 364. The molecule has 3 aliphatic rings. The largest absolute Gasteiger partial charge is 0.0651 e. The molecule has 0 aliphatic heterocycles. The Kier molecular flexibility index (Phi) is 4.21. The van der Waals surface area contributed by atoms with Crippen LogP contribution in [0.2, 0.25) is 0 Å². The van der Waals surface area contributed by atoms with Crippen LogP contribution in [0.25, 0.3) is 0 Å². The molecule has 0 bridgehead atoms. The Morgan fingerprint density at radius 3 is 1.48 bits per heavy atom. The Hall–Kier alpha value is 0. The van der Waals surface area contributed by atoms with Crippen LogP contribution in [0.3, 0.4) is 0 Å².